The molecule has 17 heavy (non-hydrogen) atoms. The monoisotopic (exact) mass is 237 g/mol. The quantitative estimate of drug-likeness (QED) is 0.563. The average molecular weight is 237 g/mol. The van der Waals surface area contributed by atoms with Gasteiger partial charge in [-0.1, -0.05) is 6.92 Å². The Kier molecular flexibility index (Phi) is 4.63. The van der Waals surface area contributed by atoms with Gasteiger partial charge in [-0.25, -0.2) is 0 Å². The third-order valence-electron chi connectivity index (χ3n) is 2.29. The number of ether oxygens (including phenoxy) is 1. The Balaban J connectivity index is 2.66. The fraction of sp³-hybridized carbons (Fsp3) is 0.417. The van der Waals surface area contributed by atoms with Crippen LogP contribution in [0, 0.1) is 17.0 Å². The summed E-state index contributed by atoms with van der Waals surface area (Å²) < 4.78 is 5.31. The Morgan fingerprint density at radius 3 is 2.71 bits per heavy atom. The van der Waals surface area contributed by atoms with E-state index in [1.807, 2.05) is 6.92 Å². The van der Waals surface area contributed by atoms with Crippen molar-refractivity contribution >= 4 is 11.5 Å². The van der Waals surface area contributed by atoms with Gasteiger partial charge >= 0.3 is 0 Å². The van der Waals surface area contributed by atoms with Gasteiger partial charge in [-0.15, -0.1) is 0 Å². The van der Waals surface area contributed by atoms with Gasteiger partial charge in [-0.3, -0.25) is 14.9 Å². The molecule has 1 aromatic carbocycles. The molecule has 0 amide bonds. The molecule has 0 aliphatic carbocycles. The van der Waals surface area contributed by atoms with Gasteiger partial charge in [-0.2, -0.15) is 0 Å². The lowest BCUT2D eigenvalue weighted by Crippen LogP contribution is -2.11. The van der Waals surface area contributed by atoms with Crippen LogP contribution in [0.1, 0.15) is 25.3 Å². The van der Waals surface area contributed by atoms with E-state index in [9.17, 15) is 14.9 Å². The molecule has 0 aliphatic rings. The minimum absolute atomic E-state index is 0.0203. The lowest BCUT2D eigenvalue weighted by atomic mass is 10.2. The van der Waals surface area contributed by atoms with Crippen LogP contribution in [0.15, 0.2) is 18.2 Å². The van der Waals surface area contributed by atoms with Crippen LogP contribution < -0.4 is 4.74 Å². The summed E-state index contributed by atoms with van der Waals surface area (Å²) in [5.74, 6) is 0.547. The number of nitro benzene ring substituents is 1. The molecular formula is C12H15NO4. The molecule has 0 aliphatic heterocycles. The van der Waals surface area contributed by atoms with Gasteiger partial charge in [0.05, 0.1) is 4.92 Å². The van der Waals surface area contributed by atoms with E-state index in [1.165, 1.54) is 18.2 Å². The highest BCUT2D eigenvalue weighted by atomic mass is 16.6. The van der Waals surface area contributed by atoms with E-state index >= 15 is 0 Å². The van der Waals surface area contributed by atoms with Crippen molar-refractivity contribution in [3.8, 4) is 5.75 Å². The highest BCUT2D eigenvalue weighted by molar-refractivity contribution is 5.79. The van der Waals surface area contributed by atoms with E-state index in [1.54, 1.807) is 6.92 Å². The summed E-state index contributed by atoms with van der Waals surface area (Å²) in [4.78, 5) is 21.3. The predicted octanol–water partition coefficient (Wildman–Crippen LogP) is 2.65. The van der Waals surface area contributed by atoms with Gasteiger partial charge in [0.1, 0.15) is 12.4 Å². The smallest absolute Gasteiger partial charge is 0.269 e. The van der Waals surface area contributed by atoms with Crippen molar-refractivity contribution in [2.24, 2.45) is 0 Å². The topological polar surface area (TPSA) is 69.4 Å². The lowest BCUT2D eigenvalue weighted by molar-refractivity contribution is -0.384. The molecule has 92 valence electrons. The molecule has 0 saturated carbocycles. The molecule has 0 aromatic heterocycles. The highest BCUT2D eigenvalue weighted by Crippen LogP contribution is 2.23. The molecule has 0 saturated heterocycles. The number of hydrogen-bond donors (Lipinski definition) is 0. The lowest BCUT2D eigenvalue weighted by Gasteiger charge is -2.07. The predicted molar refractivity (Wildman–Crippen MR) is 63.2 cm³/mol. The maximum atomic E-state index is 11.3. The summed E-state index contributed by atoms with van der Waals surface area (Å²) in [5.41, 5.74) is 0.679. The van der Waals surface area contributed by atoms with E-state index in [0.717, 1.165) is 6.42 Å². The van der Waals surface area contributed by atoms with Crippen molar-refractivity contribution in [1.82, 2.24) is 0 Å². The van der Waals surface area contributed by atoms with Gasteiger partial charge in [0, 0.05) is 18.6 Å². The maximum absolute atomic E-state index is 11.3. The highest BCUT2D eigenvalue weighted by Gasteiger charge is 2.09. The number of non-ortho nitro benzene ring substituents is 1. The Morgan fingerprint density at radius 1 is 1.47 bits per heavy atom. The molecule has 0 heterocycles. The summed E-state index contributed by atoms with van der Waals surface area (Å²) in [5, 5.41) is 10.5. The first kappa shape index (κ1) is 13.2. The number of nitrogens with zero attached hydrogens (tertiary/aromatic N) is 1. The first-order valence-corrected chi connectivity index (χ1v) is 5.44. The Hall–Kier alpha value is -1.91. The van der Waals surface area contributed by atoms with Crippen molar-refractivity contribution in [3.63, 3.8) is 0 Å². The summed E-state index contributed by atoms with van der Waals surface area (Å²) in [6.45, 7) is 3.66. The standard InChI is InChI=1S/C12H15NO4/c1-3-4-11(14)8-17-12-6-5-10(13(15)16)7-9(12)2/h5-7H,3-4,8H2,1-2H3. The minimum Gasteiger partial charge on any atom is -0.486 e. The van der Waals surface area contributed by atoms with Crippen molar-refractivity contribution in [2.45, 2.75) is 26.7 Å². The molecule has 0 unspecified atom stereocenters. The normalized spacial score (nSPS) is 10.0. The Morgan fingerprint density at radius 2 is 2.18 bits per heavy atom. The van der Waals surface area contributed by atoms with Crippen LogP contribution in [0.2, 0.25) is 0 Å². The summed E-state index contributed by atoms with van der Waals surface area (Å²) in [6.07, 6.45) is 1.29. The second-order valence-electron chi connectivity index (χ2n) is 3.78. The second-order valence-corrected chi connectivity index (χ2v) is 3.78. The zero-order valence-corrected chi connectivity index (χ0v) is 9.93. The molecule has 0 atom stereocenters. The zero-order chi connectivity index (χ0) is 12.8. The van der Waals surface area contributed by atoms with Crippen LogP contribution in [-0.4, -0.2) is 17.3 Å². The van der Waals surface area contributed by atoms with E-state index < -0.39 is 4.92 Å². The van der Waals surface area contributed by atoms with Gasteiger partial charge in [0.25, 0.3) is 5.69 Å². The first-order chi connectivity index (χ1) is 8.04. The third kappa shape index (κ3) is 3.86. The van der Waals surface area contributed by atoms with Crippen LogP contribution in [0.4, 0.5) is 5.69 Å². The molecule has 0 bridgehead atoms. The molecule has 0 fully saturated rings. The van der Waals surface area contributed by atoms with Crippen LogP contribution in [0.3, 0.4) is 0 Å². The van der Waals surface area contributed by atoms with Gasteiger partial charge in [0.2, 0.25) is 0 Å². The maximum Gasteiger partial charge on any atom is 0.269 e. The van der Waals surface area contributed by atoms with Crippen LogP contribution in [0.5, 0.6) is 5.75 Å². The van der Waals surface area contributed by atoms with Gasteiger partial charge in [0.15, 0.2) is 5.78 Å². The van der Waals surface area contributed by atoms with E-state index in [2.05, 4.69) is 0 Å². The first-order valence-electron chi connectivity index (χ1n) is 5.44. The van der Waals surface area contributed by atoms with Crippen molar-refractivity contribution in [1.29, 1.82) is 0 Å². The largest absolute Gasteiger partial charge is 0.486 e. The average Bonchev–Trinajstić information content (AvgIpc) is 2.27. The minimum atomic E-state index is -0.459. The molecular weight excluding hydrogens is 222 g/mol. The third-order valence-corrected chi connectivity index (χ3v) is 2.29. The number of aryl methyl sites for hydroxylation is 1. The molecule has 1 aromatic rings. The number of hydrogen-bond acceptors (Lipinski definition) is 4. The fourth-order valence-electron chi connectivity index (χ4n) is 1.42. The second kappa shape index (κ2) is 5.98. The number of nitro groups is 1. The molecule has 5 heteroatoms. The molecule has 0 radical (unpaired) electrons. The summed E-state index contributed by atoms with van der Waals surface area (Å²) in [7, 11) is 0. The zero-order valence-electron chi connectivity index (χ0n) is 9.93. The number of rotatable bonds is 6. The summed E-state index contributed by atoms with van der Waals surface area (Å²) >= 11 is 0. The number of ketones is 1. The van der Waals surface area contributed by atoms with Crippen molar-refractivity contribution in [3.05, 3.63) is 33.9 Å². The fourth-order valence-corrected chi connectivity index (χ4v) is 1.42. The molecule has 0 spiro atoms. The van der Waals surface area contributed by atoms with E-state index in [0.29, 0.717) is 17.7 Å². The van der Waals surface area contributed by atoms with Crippen LogP contribution in [-0.2, 0) is 4.79 Å². The van der Waals surface area contributed by atoms with Crippen LogP contribution in [0.25, 0.3) is 0 Å². The Labute approximate surface area is 99.5 Å². The molecule has 0 N–H and O–H groups in total. The number of Topliss-reactive ketones (excluding diaryl/α,β-unsaturated/α-hetero) is 1. The number of carbonyl (C=O) groups is 1. The van der Waals surface area contributed by atoms with Crippen molar-refractivity contribution in [2.75, 3.05) is 6.61 Å². The van der Waals surface area contributed by atoms with E-state index in [-0.39, 0.29) is 18.1 Å². The molecule has 1 rings (SSSR count). The van der Waals surface area contributed by atoms with Crippen LogP contribution >= 0.6 is 0 Å². The number of carbonyl (C=O) groups excluding carboxylic acids is 1. The number of benzene rings is 1. The SMILES string of the molecule is CCCC(=O)COc1ccc([N+](=O)[O-])cc1C. The van der Waals surface area contributed by atoms with Gasteiger partial charge < -0.3 is 4.74 Å². The van der Waals surface area contributed by atoms with E-state index in [4.69, 9.17) is 4.74 Å². The van der Waals surface area contributed by atoms with Crippen molar-refractivity contribution < 1.29 is 14.5 Å². The Bertz CT molecular complexity index is 429. The molecule has 5 nitrogen and oxygen atoms in total. The van der Waals surface area contributed by atoms with Gasteiger partial charge in [-0.05, 0) is 25.0 Å². The summed E-state index contributed by atoms with van der Waals surface area (Å²) in [6, 6.07) is 4.32.